The summed E-state index contributed by atoms with van der Waals surface area (Å²) in [4.78, 5) is 21.0. The molecule has 0 bridgehead atoms. The molecule has 170 valence electrons. The highest BCUT2D eigenvalue weighted by molar-refractivity contribution is 7.13. The molecule has 0 fully saturated rings. The van der Waals surface area contributed by atoms with E-state index in [0.29, 0.717) is 40.2 Å². The van der Waals surface area contributed by atoms with Crippen molar-refractivity contribution in [3.05, 3.63) is 70.8 Å². The normalized spacial score (nSPS) is 10.6. The van der Waals surface area contributed by atoms with E-state index in [2.05, 4.69) is 15.1 Å². The van der Waals surface area contributed by atoms with Crippen molar-refractivity contribution in [3.8, 4) is 27.8 Å². The summed E-state index contributed by atoms with van der Waals surface area (Å²) in [7, 11) is 3.17. The number of hydrogen-bond acceptors (Lipinski definition) is 10. The molecule has 4 aromatic rings. The van der Waals surface area contributed by atoms with Gasteiger partial charge in [0, 0.05) is 12.3 Å². The molecule has 0 amide bonds. The van der Waals surface area contributed by atoms with Gasteiger partial charge in [-0.2, -0.15) is 4.98 Å². The van der Waals surface area contributed by atoms with Crippen LogP contribution in [-0.4, -0.2) is 35.3 Å². The van der Waals surface area contributed by atoms with Crippen LogP contribution < -0.4 is 14.2 Å². The van der Waals surface area contributed by atoms with Crippen molar-refractivity contribution < 1.29 is 28.3 Å². The number of carbonyl (C=O) groups is 1. The van der Waals surface area contributed by atoms with Crippen molar-refractivity contribution in [2.45, 2.75) is 20.1 Å². The summed E-state index contributed by atoms with van der Waals surface area (Å²) in [6.45, 7) is 1.93. The number of ether oxygens (including phenoxy) is 4. The predicted molar refractivity (Wildman–Crippen MR) is 120 cm³/mol. The second kappa shape index (κ2) is 10.1. The van der Waals surface area contributed by atoms with Crippen LogP contribution in [0.2, 0.25) is 0 Å². The van der Waals surface area contributed by atoms with Crippen LogP contribution in [0.4, 0.5) is 0 Å². The summed E-state index contributed by atoms with van der Waals surface area (Å²) >= 11 is 1.43. The number of rotatable bonds is 9. The van der Waals surface area contributed by atoms with Gasteiger partial charge in [0.1, 0.15) is 17.4 Å². The molecule has 33 heavy (non-hydrogen) atoms. The monoisotopic (exact) mass is 467 g/mol. The summed E-state index contributed by atoms with van der Waals surface area (Å²) in [6.07, 6.45) is 0. The highest BCUT2D eigenvalue weighted by Gasteiger charge is 2.15. The van der Waals surface area contributed by atoms with E-state index >= 15 is 0 Å². The third kappa shape index (κ3) is 5.29. The number of methoxy groups -OCH3 is 2. The van der Waals surface area contributed by atoms with Crippen molar-refractivity contribution in [2.24, 2.45) is 0 Å². The molecule has 0 aliphatic carbocycles. The summed E-state index contributed by atoms with van der Waals surface area (Å²) in [6, 6.07) is 12.2. The first kappa shape index (κ1) is 22.3. The first-order valence-corrected chi connectivity index (χ1v) is 10.8. The molecule has 0 spiro atoms. The van der Waals surface area contributed by atoms with Gasteiger partial charge in [-0.3, -0.25) is 0 Å². The molecule has 0 unspecified atom stereocenters. The van der Waals surface area contributed by atoms with Crippen molar-refractivity contribution >= 4 is 17.3 Å². The van der Waals surface area contributed by atoms with Crippen LogP contribution in [0.15, 0.2) is 52.4 Å². The second-order valence-electron chi connectivity index (χ2n) is 6.80. The van der Waals surface area contributed by atoms with E-state index in [4.69, 9.17) is 23.5 Å². The first-order valence-electron chi connectivity index (χ1n) is 9.92. The van der Waals surface area contributed by atoms with E-state index in [1.165, 1.54) is 11.3 Å². The Hall–Kier alpha value is -3.92. The first-order chi connectivity index (χ1) is 16.1. The highest BCUT2D eigenvalue weighted by Crippen LogP contribution is 2.39. The fourth-order valence-corrected chi connectivity index (χ4v) is 3.84. The topological polar surface area (TPSA) is 106 Å². The van der Waals surface area contributed by atoms with Crippen LogP contribution >= 0.6 is 11.3 Å². The zero-order valence-electron chi connectivity index (χ0n) is 18.2. The van der Waals surface area contributed by atoms with Crippen LogP contribution in [0.1, 0.15) is 27.8 Å². The molecule has 0 atom stereocenters. The minimum absolute atomic E-state index is 0.0526. The zero-order chi connectivity index (χ0) is 23.2. The maximum absolute atomic E-state index is 12.4. The Labute approximate surface area is 193 Å². The Morgan fingerprint density at radius 2 is 1.85 bits per heavy atom. The Bertz CT molecular complexity index is 1240. The molecule has 0 radical (unpaired) electrons. The Kier molecular flexibility index (Phi) is 6.84. The molecule has 2 aromatic carbocycles. The number of para-hydroxylation sites is 1. The maximum atomic E-state index is 12.4. The number of hydrogen-bond donors (Lipinski definition) is 0. The lowest BCUT2D eigenvalue weighted by Crippen LogP contribution is -2.05. The molecule has 10 heteroatoms. The third-order valence-electron chi connectivity index (χ3n) is 4.56. The average Bonchev–Trinajstić information content (AvgIpc) is 3.49. The molecule has 0 N–H and O–H groups in total. The Balaban J connectivity index is 1.34. The Morgan fingerprint density at radius 1 is 1.03 bits per heavy atom. The number of aryl methyl sites for hydroxylation is 1. The fraction of sp³-hybridized carbons (Fsp3) is 0.217. The molecular formula is C23H21N3O6S. The molecule has 0 saturated heterocycles. The van der Waals surface area contributed by atoms with Crippen LogP contribution in [0, 0.1) is 6.92 Å². The third-order valence-corrected chi connectivity index (χ3v) is 5.49. The molecule has 9 nitrogen and oxygen atoms in total. The van der Waals surface area contributed by atoms with Gasteiger partial charge in [-0.15, -0.1) is 11.3 Å². The SMILES string of the molecule is COc1cccc(-c2nc(COC(=O)c3ccc(OCc4noc(C)n4)cc3)cs2)c1OC. The van der Waals surface area contributed by atoms with Crippen molar-refractivity contribution in [3.63, 3.8) is 0 Å². The largest absolute Gasteiger partial charge is 0.493 e. The van der Waals surface area contributed by atoms with E-state index in [1.54, 1.807) is 45.4 Å². The molecule has 0 aliphatic rings. The van der Waals surface area contributed by atoms with Gasteiger partial charge >= 0.3 is 5.97 Å². The molecule has 0 saturated carbocycles. The summed E-state index contributed by atoms with van der Waals surface area (Å²) < 4.78 is 26.7. The van der Waals surface area contributed by atoms with Crippen molar-refractivity contribution in [1.82, 2.24) is 15.1 Å². The standard InChI is InChI=1S/C23H21N3O6S/c1-14-24-20(26-32-14)12-30-17-9-7-15(8-10-17)23(27)31-11-16-13-33-22(25-16)18-5-4-6-19(28-2)21(18)29-3/h4-10,13H,11-12H2,1-3H3. The number of benzene rings is 2. The van der Waals surface area contributed by atoms with Crippen LogP contribution in [0.3, 0.4) is 0 Å². The predicted octanol–water partition coefficient (Wildman–Crippen LogP) is 4.45. The van der Waals surface area contributed by atoms with E-state index < -0.39 is 5.97 Å². The number of aromatic nitrogens is 3. The lowest BCUT2D eigenvalue weighted by atomic mass is 10.2. The lowest BCUT2D eigenvalue weighted by Gasteiger charge is -2.10. The minimum atomic E-state index is -0.455. The Morgan fingerprint density at radius 3 is 2.55 bits per heavy atom. The van der Waals surface area contributed by atoms with Crippen molar-refractivity contribution in [1.29, 1.82) is 0 Å². The van der Waals surface area contributed by atoms with Gasteiger partial charge in [-0.1, -0.05) is 11.2 Å². The van der Waals surface area contributed by atoms with E-state index in [9.17, 15) is 4.79 Å². The van der Waals surface area contributed by atoms with Crippen LogP contribution in [-0.2, 0) is 18.0 Å². The summed E-state index contributed by atoms with van der Waals surface area (Å²) in [5, 5.41) is 6.36. The van der Waals surface area contributed by atoms with E-state index in [0.717, 1.165) is 10.6 Å². The van der Waals surface area contributed by atoms with Crippen LogP contribution in [0.25, 0.3) is 10.6 Å². The molecule has 4 rings (SSSR count). The number of thiazole rings is 1. The molecule has 0 aliphatic heterocycles. The highest BCUT2D eigenvalue weighted by atomic mass is 32.1. The van der Waals surface area contributed by atoms with Gasteiger partial charge in [0.25, 0.3) is 0 Å². The lowest BCUT2D eigenvalue weighted by molar-refractivity contribution is 0.0468. The number of carbonyl (C=O) groups excluding carboxylic acids is 1. The smallest absolute Gasteiger partial charge is 0.338 e. The van der Waals surface area contributed by atoms with Crippen LogP contribution in [0.5, 0.6) is 17.2 Å². The van der Waals surface area contributed by atoms with Gasteiger partial charge in [-0.05, 0) is 36.4 Å². The van der Waals surface area contributed by atoms with Gasteiger partial charge in [-0.25, -0.2) is 9.78 Å². The van der Waals surface area contributed by atoms with E-state index in [1.807, 2.05) is 23.6 Å². The average molecular weight is 468 g/mol. The van der Waals surface area contributed by atoms with Crippen molar-refractivity contribution in [2.75, 3.05) is 14.2 Å². The van der Waals surface area contributed by atoms with E-state index in [-0.39, 0.29) is 13.2 Å². The van der Waals surface area contributed by atoms with Gasteiger partial charge in [0.15, 0.2) is 18.1 Å². The van der Waals surface area contributed by atoms with Gasteiger partial charge in [0.2, 0.25) is 11.7 Å². The fourth-order valence-electron chi connectivity index (χ4n) is 3.01. The second-order valence-corrected chi connectivity index (χ2v) is 7.66. The molecular weight excluding hydrogens is 446 g/mol. The number of nitrogens with zero attached hydrogens (tertiary/aromatic N) is 3. The van der Waals surface area contributed by atoms with Gasteiger partial charge in [0.05, 0.1) is 31.0 Å². The number of esters is 1. The molecule has 2 heterocycles. The summed E-state index contributed by atoms with van der Waals surface area (Å²) in [5.41, 5.74) is 1.86. The maximum Gasteiger partial charge on any atom is 0.338 e. The quantitative estimate of drug-likeness (QED) is 0.330. The summed E-state index contributed by atoms with van der Waals surface area (Å²) in [5.74, 6) is 2.27. The molecule has 2 aromatic heterocycles. The minimum Gasteiger partial charge on any atom is -0.493 e. The zero-order valence-corrected chi connectivity index (χ0v) is 19.0. The van der Waals surface area contributed by atoms with Gasteiger partial charge < -0.3 is 23.5 Å².